The molecule has 0 radical (unpaired) electrons. The maximum atomic E-state index is 11.3. The zero-order valence-electron chi connectivity index (χ0n) is 10.4. The first-order valence-corrected chi connectivity index (χ1v) is 5.76. The average molecular weight is 245 g/mol. The second kappa shape index (κ2) is 5.35. The molecule has 0 saturated heterocycles. The zero-order valence-corrected chi connectivity index (χ0v) is 10.4. The molecule has 0 aliphatic carbocycles. The summed E-state index contributed by atoms with van der Waals surface area (Å²) in [5, 5.41) is 3.05. The standard InChI is InChI=1S/C13H15N3O2/c1-3-18-11-7-5-4-6-10(11)15-13-14-9(2)8-12(17)16-13/h4-8H,3H2,1-2H3,(H2,14,15,16,17). The van der Waals surface area contributed by atoms with Crippen molar-refractivity contribution in [2.24, 2.45) is 0 Å². The molecule has 1 aromatic carbocycles. The molecule has 5 nitrogen and oxygen atoms in total. The Hall–Kier alpha value is -2.30. The summed E-state index contributed by atoms with van der Waals surface area (Å²) in [6, 6.07) is 8.95. The molecule has 0 atom stereocenters. The highest BCUT2D eigenvalue weighted by Gasteiger charge is 2.04. The number of hydrogen-bond acceptors (Lipinski definition) is 4. The molecule has 0 aliphatic heterocycles. The maximum absolute atomic E-state index is 11.3. The van der Waals surface area contributed by atoms with Gasteiger partial charge in [0, 0.05) is 11.8 Å². The number of anilines is 2. The van der Waals surface area contributed by atoms with Gasteiger partial charge in [0.15, 0.2) is 0 Å². The van der Waals surface area contributed by atoms with Crippen LogP contribution in [0.15, 0.2) is 35.1 Å². The van der Waals surface area contributed by atoms with Crippen molar-refractivity contribution in [1.82, 2.24) is 9.97 Å². The number of H-pyrrole nitrogens is 1. The number of para-hydroxylation sites is 2. The fraction of sp³-hybridized carbons (Fsp3) is 0.231. The van der Waals surface area contributed by atoms with Crippen LogP contribution in [0, 0.1) is 6.92 Å². The first-order chi connectivity index (χ1) is 8.69. The van der Waals surface area contributed by atoms with E-state index in [1.54, 1.807) is 6.92 Å². The van der Waals surface area contributed by atoms with E-state index in [1.807, 2.05) is 31.2 Å². The highest BCUT2D eigenvalue weighted by atomic mass is 16.5. The van der Waals surface area contributed by atoms with Gasteiger partial charge in [-0.25, -0.2) is 4.98 Å². The van der Waals surface area contributed by atoms with Gasteiger partial charge < -0.3 is 10.1 Å². The van der Waals surface area contributed by atoms with Gasteiger partial charge in [-0.3, -0.25) is 9.78 Å². The Kier molecular flexibility index (Phi) is 3.62. The van der Waals surface area contributed by atoms with E-state index in [0.29, 0.717) is 18.2 Å². The Morgan fingerprint density at radius 3 is 2.89 bits per heavy atom. The van der Waals surface area contributed by atoms with Crippen molar-refractivity contribution in [3.05, 3.63) is 46.4 Å². The fourth-order valence-corrected chi connectivity index (χ4v) is 1.62. The Bertz CT molecular complexity index is 593. The predicted molar refractivity (Wildman–Crippen MR) is 70.5 cm³/mol. The van der Waals surface area contributed by atoms with Crippen LogP contribution in [-0.4, -0.2) is 16.6 Å². The lowest BCUT2D eigenvalue weighted by Gasteiger charge is -2.11. The van der Waals surface area contributed by atoms with Crippen LogP contribution in [0.3, 0.4) is 0 Å². The van der Waals surface area contributed by atoms with Crippen LogP contribution in [-0.2, 0) is 0 Å². The van der Waals surface area contributed by atoms with Gasteiger partial charge in [0.1, 0.15) is 5.75 Å². The van der Waals surface area contributed by atoms with Crippen LogP contribution in [0.2, 0.25) is 0 Å². The monoisotopic (exact) mass is 245 g/mol. The molecule has 0 bridgehead atoms. The van der Waals surface area contributed by atoms with Crippen LogP contribution in [0.25, 0.3) is 0 Å². The summed E-state index contributed by atoms with van der Waals surface area (Å²) in [6.45, 7) is 4.27. The van der Waals surface area contributed by atoms with Gasteiger partial charge >= 0.3 is 0 Å². The lowest BCUT2D eigenvalue weighted by atomic mass is 10.3. The third-order valence-electron chi connectivity index (χ3n) is 2.31. The van der Waals surface area contributed by atoms with Crippen molar-refractivity contribution in [3.8, 4) is 5.75 Å². The van der Waals surface area contributed by atoms with Crippen molar-refractivity contribution >= 4 is 11.6 Å². The molecule has 0 unspecified atom stereocenters. The van der Waals surface area contributed by atoms with Crippen molar-refractivity contribution in [2.45, 2.75) is 13.8 Å². The lowest BCUT2D eigenvalue weighted by molar-refractivity contribution is 0.342. The molecule has 2 rings (SSSR count). The molecule has 2 aromatic rings. The molecular formula is C13H15N3O2. The number of benzene rings is 1. The second-order valence-electron chi connectivity index (χ2n) is 3.79. The van der Waals surface area contributed by atoms with Gasteiger partial charge in [-0.05, 0) is 26.0 Å². The number of hydrogen-bond donors (Lipinski definition) is 2. The summed E-state index contributed by atoms with van der Waals surface area (Å²) >= 11 is 0. The number of aryl methyl sites for hydroxylation is 1. The Morgan fingerprint density at radius 1 is 1.39 bits per heavy atom. The van der Waals surface area contributed by atoms with E-state index in [9.17, 15) is 4.79 Å². The summed E-state index contributed by atoms with van der Waals surface area (Å²) < 4.78 is 5.49. The van der Waals surface area contributed by atoms with Gasteiger partial charge in [-0.15, -0.1) is 0 Å². The molecule has 5 heteroatoms. The smallest absolute Gasteiger partial charge is 0.252 e. The summed E-state index contributed by atoms with van der Waals surface area (Å²) in [4.78, 5) is 18.2. The quantitative estimate of drug-likeness (QED) is 0.866. The summed E-state index contributed by atoms with van der Waals surface area (Å²) in [6.07, 6.45) is 0. The Morgan fingerprint density at radius 2 is 2.17 bits per heavy atom. The molecular weight excluding hydrogens is 230 g/mol. The van der Waals surface area contributed by atoms with E-state index in [0.717, 1.165) is 11.4 Å². The van der Waals surface area contributed by atoms with E-state index in [2.05, 4.69) is 15.3 Å². The highest BCUT2D eigenvalue weighted by molar-refractivity contribution is 5.62. The van der Waals surface area contributed by atoms with Gasteiger partial charge in [0.25, 0.3) is 5.56 Å². The van der Waals surface area contributed by atoms with E-state index in [-0.39, 0.29) is 5.56 Å². The van der Waals surface area contributed by atoms with E-state index >= 15 is 0 Å². The number of aromatic nitrogens is 2. The van der Waals surface area contributed by atoms with Crippen molar-refractivity contribution in [1.29, 1.82) is 0 Å². The molecule has 0 spiro atoms. The third kappa shape index (κ3) is 2.88. The van der Waals surface area contributed by atoms with Crippen molar-refractivity contribution < 1.29 is 4.74 Å². The number of nitrogens with zero attached hydrogens (tertiary/aromatic N) is 1. The van der Waals surface area contributed by atoms with E-state index in [1.165, 1.54) is 6.07 Å². The van der Waals surface area contributed by atoms with Crippen LogP contribution in [0.1, 0.15) is 12.6 Å². The van der Waals surface area contributed by atoms with Crippen LogP contribution < -0.4 is 15.6 Å². The van der Waals surface area contributed by atoms with E-state index < -0.39 is 0 Å². The minimum atomic E-state index is -0.182. The normalized spacial score (nSPS) is 10.1. The Balaban J connectivity index is 2.30. The molecule has 0 fully saturated rings. The molecule has 2 N–H and O–H groups in total. The first kappa shape index (κ1) is 12.2. The number of rotatable bonds is 4. The molecule has 0 amide bonds. The Labute approximate surface area is 105 Å². The van der Waals surface area contributed by atoms with Gasteiger partial charge in [0.2, 0.25) is 5.95 Å². The minimum absolute atomic E-state index is 0.182. The molecule has 18 heavy (non-hydrogen) atoms. The third-order valence-corrected chi connectivity index (χ3v) is 2.31. The van der Waals surface area contributed by atoms with Crippen LogP contribution in [0.5, 0.6) is 5.75 Å². The minimum Gasteiger partial charge on any atom is -0.492 e. The van der Waals surface area contributed by atoms with Crippen molar-refractivity contribution in [2.75, 3.05) is 11.9 Å². The fourth-order valence-electron chi connectivity index (χ4n) is 1.62. The molecule has 1 heterocycles. The topological polar surface area (TPSA) is 67.0 Å². The van der Waals surface area contributed by atoms with Gasteiger partial charge in [-0.1, -0.05) is 12.1 Å². The number of nitrogens with one attached hydrogen (secondary N) is 2. The van der Waals surface area contributed by atoms with Crippen LogP contribution >= 0.6 is 0 Å². The van der Waals surface area contributed by atoms with E-state index in [4.69, 9.17) is 4.74 Å². The summed E-state index contributed by atoms with van der Waals surface area (Å²) in [5.41, 5.74) is 1.25. The lowest BCUT2D eigenvalue weighted by Crippen LogP contribution is -2.11. The van der Waals surface area contributed by atoms with Crippen LogP contribution in [0.4, 0.5) is 11.6 Å². The molecule has 94 valence electrons. The summed E-state index contributed by atoms with van der Waals surface area (Å²) in [5.74, 6) is 1.14. The maximum Gasteiger partial charge on any atom is 0.252 e. The average Bonchev–Trinajstić information content (AvgIpc) is 2.30. The van der Waals surface area contributed by atoms with Gasteiger partial charge in [0.05, 0.1) is 12.3 Å². The first-order valence-electron chi connectivity index (χ1n) is 5.76. The summed E-state index contributed by atoms with van der Waals surface area (Å²) in [7, 11) is 0. The zero-order chi connectivity index (χ0) is 13.0. The SMILES string of the molecule is CCOc1ccccc1Nc1nc(C)cc(=O)[nH]1. The second-order valence-corrected chi connectivity index (χ2v) is 3.79. The molecule has 0 aliphatic rings. The van der Waals surface area contributed by atoms with Gasteiger partial charge in [-0.2, -0.15) is 0 Å². The predicted octanol–water partition coefficient (Wildman–Crippen LogP) is 2.22. The molecule has 1 aromatic heterocycles. The van der Waals surface area contributed by atoms with Crippen molar-refractivity contribution in [3.63, 3.8) is 0 Å². The number of aromatic amines is 1. The molecule has 0 saturated carbocycles. The largest absolute Gasteiger partial charge is 0.492 e. The number of ether oxygens (including phenoxy) is 1. The highest BCUT2D eigenvalue weighted by Crippen LogP contribution is 2.25.